The smallest absolute Gasteiger partial charge is 0.257 e. The third-order valence-corrected chi connectivity index (χ3v) is 5.21. The van der Waals surface area contributed by atoms with Crippen LogP contribution in [-0.2, 0) is 0 Å². The van der Waals surface area contributed by atoms with E-state index in [1.807, 2.05) is 6.92 Å². The maximum atomic E-state index is 13.0. The molecule has 1 fully saturated rings. The third-order valence-electron chi connectivity index (χ3n) is 4.92. The van der Waals surface area contributed by atoms with Crippen LogP contribution in [0, 0.1) is 18.3 Å². The predicted molar refractivity (Wildman–Crippen MR) is 104 cm³/mol. The lowest BCUT2D eigenvalue weighted by Gasteiger charge is -2.38. The topological polar surface area (TPSA) is 88.3 Å². The lowest BCUT2D eigenvalue weighted by molar-refractivity contribution is 0.0371. The highest BCUT2D eigenvalue weighted by Crippen LogP contribution is 2.27. The fourth-order valence-corrected chi connectivity index (χ4v) is 3.44. The molecular weight excluding hydrogens is 380 g/mol. The van der Waals surface area contributed by atoms with E-state index < -0.39 is 0 Å². The first-order chi connectivity index (χ1) is 13.4. The number of nitriles is 1. The zero-order valence-electron chi connectivity index (χ0n) is 16.0. The molecule has 1 aliphatic heterocycles. The minimum Gasteiger partial charge on any atom is -0.481 e. The van der Waals surface area contributed by atoms with E-state index in [-0.39, 0.29) is 23.2 Å². The van der Waals surface area contributed by atoms with Gasteiger partial charge in [-0.3, -0.25) is 4.79 Å². The van der Waals surface area contributed by atoms with Gasteiger partial charge in [0.05, 0.1) is 30.9 Å². The Morgan fingerprint density at radius 3 is 2.82 bits per heavy atom. The SMILES string of the molecule is COc1ccc(C(=O)N2C[C@H](Oc3nccc(C#N)c3C)CC[C@H]2C)c(Cl)n1. The Hall–Kier alpha value is -2.85. The Kier molecular flexibility index (Phi) is 6.00. The van der Waals surface area contributed by atoms with Crippen LogP contribution in [0.3, 0.4) is 0 Å². The summed E-state index contributed by atoms with van der Waals surface area (Å²) in [4.78, 5) is 23.1. The van der Waals surface area contributed by atoms with Crippen molar-refractivity contribution in [2.45, 2.75) is 38.8 Å². The number of nitrogens with zero attached hydrogens (tertiary/aromatic N) is 4. The van der Waals surface area contributed by atoms with E-state index in [0.29, 0.717) is 35.0 Å². The Labute approximate surface area is 168 Å². The van der Waals surface area contributed by atoms with Crippen molar-refractivity contribution >= 4 is 17.5 Å². The van der Waals surface area contributed by atoms with Crippen molar-refractivity contribution < 1.29 is 14.3 Å². The maximum Gasteiger partial charge on any atom is 0.257 e. The van der Waals surface area contributed by atoms with Crippen LogP contribution in [0.2, 0.25) is 5.15 Å². The quantitative estimate of drug-likeness (QED) is 0.731. The molecular formula is C20H21ClN4O3. The van der Waals surface area contributed by atoms with Crippen LogP contribution in [-0.4, -0.2) is 46.6 Å². The number of methoxy groups -OCH3 is 1. The van der Waals surface area contributed by atoms with Crippen LogP contribution in [0.15, 0.2) is 24.4 Å². The number of carbonyl (C=O) groups is 1. The molecule has 0 spiro atoms. The number of piperidine rings is 1. The Morgan fingerprint density at radius 2 is 2.14 bits per heavy atom. The minimum atomic E-state index is -0.217. The first-order valence-electron chi connectivity index (χ1n) is 8.98. The van der Waals surface area contributed by atoms with Crippen molar-refractivity contribution in [2.24, 2.45) is 0 Å². The van der Waals surface area contributed by atoms with E-state index >= 15 is 0 Å². The van der Waals surface area contributed by atoms with Crippen LogP contribution in [0.1, 0.15) is 41.3 Å². The molecule has 146 valence electrons. The van der Waals surface area contributed by atoms with Gasteiger partial charge >= 0.3 is 0 Å². The summed E-state index contributed by atoms with van der Waals surface area (Å²) in [6.45, 7) is 4.21. The molecule has 0 bridgehead atoms. The molecule has 0 aliphatic carbocycles. The summed E-state index contributed by atoms with van der Waals surface area (Å²) in [5.74, 6) is 0.583. The van der Waals surface area contributed by atoms with Crippen molar-refractivity contribution in [3.8, 4) is 17.8 Å². The number of likely N-dealkylation sites (tertiary alicyclic amines) is 1. The molecule has 2 aromatic heterocycles. The molecule has 28 heavy (non-hydrogen) atoms. The highest BCUT2D eigenvalue weighted by molar-refractivity contribution is 6.32. The zero-order valence-corrected chi connectivity index (χ0v) is 16.7. The average Bonchev–Trinajstić information content (AvgIpc) is 2.70. The Balaban J connectivity index is 1.78. The van der Waals surface area contributed by atoms with Gasteiger partial charge in [-0.25, -0.2) is 9.97 Å². The molecule has 0 unspecified atom stereocenters. The van der Waals surface area contributed by atoms with Crippen LogP contribution < -0.4 is 9.47 Å². The number of pyridine rings is 2. The Morgan fingerprint density at radius 1 is 1.36 bits per heavy atom. The molecule has 1 aliphatic rings. The second-order valence-corrected chi connectivity index (χ2v) is 7.07. The predicted octanol–water partition coefficient (Wildman–Crippen LogP) is 3.39. The van der Waals surface area contributed by atoms with Gasteiger partial charge < -0.3 is 14.4 Å². The van der Waals surface area contributed by atoms with E-state index in [4.69, 9.17) is 21.1 Å². The molecule has 3 rings (SSSR count). The highest BCUT2D eigenvalue weighted by atomic mass is 35.5. The molecule has 1 amide bonds. The summed E-state index contributed by atoms with van der Waals surface area (Å²) in [5.41, 5.74) is 1.55. The van der Waals surface area contributed by atoms with E-state index in [9.17, 15) is 10.1 Å². The molecule has 7 nitrogen and oxygen atoms in total. The fraction of sp³-hybridized carbons (Fsp3) is 0.400. The monoisotopic (exact) mass is 400 g/mol. The number of ether oxygens (including phenoxy) is 2. The first kappa shape index (κ1) is 19.9. The van der Waals surface area contributed by atoms with Crippen LogP contribution in [0.25, 0.3) is 0 Å². The number of carbonyl (C=O) groups excluding carboxylic acids is 1. The van der Waals surface area contributed by atoms with Gasteiger partial charge in [0.1, 0.15) is 11.3 Å². The van der Waals surface area contributed by atoms with Gasteiger partial charge in [-0.2, -0.15) is 5.26 Å². The summed E-state index contributed by atoms with van der Waals surface area (Å²) in [6, 6.07) is 7.06. The molecule has 2 atom stereocenters. The minimum absolute atomic E-state index is 0.0463. The van der Waals surface area contributed by atoms with Crippen molar-refractivity contribution in [1.82, 2.24) is 14.9 Å². The van der Waals surface area contributed by atoms with E-state index in [1.54, 1.807) is 36.2 Å². The normalized spacial score (nSPS) is 19.0. The molecule has 2 aromatic rings. The summed E-state index contributed by atoms with van der Waals surface area (Å²) >= 11 is 6.18. The third kappa shape index (κ3) is 4.02. The first-order valence-corrected chi connectivity index (χ1v) is 9.36. The van der Waals surface area contributed by atoms with Gasteiger partial charge in [0.2, 0.25) is 11.8 Å². The van der Waals surface area contributed by atoms with E-state index in [2.05, 4.69) is 16.0 Å². The van der Waals surface area contributed by atoms with Gasteiger partial charge in [0.25, 0.3) is 5.91 Å². The van der Waals surface area contributed by atoms with E-state index in [0.717, 1.165) is 12.8 Å². The van der Waals surface area contributed by atoms with Crippen molar-refractivity contribution in [2.75, 3.05) is 13.7 Å². The summed E-state index contributed by atoms with van der Waals surface area (Å²) in [6.07, 6.45) is 2.91. The van der Waals surface area contributed by atoms with Gasteiger partial charge in [-0.15, -0.1) is 0 Å². The van der Waals surface area contributed by atoms with Crippen LogP contribution in [0.5, 0.6) is 11.8 Å². The van der Waals surface area contributed by atoms with E-state index in [1.165, 1.54) is 7.11 Å². The Bertz CT molecular complexity index is 928. The molecule has 1 saturated heterocycles. The highest BCUT2D eigenvalue weighted by Gasteiger charge is 2.32. The standard InChI is InChI=1S/C20H21ClN4O3/c1-12-4-5-15(28-19-13(2)14(10-22)8-9-23-19)11-25(12)20(26)16-6-7-17(27-3)24-18(16)21/h6-9,12,15H,4-5,11H2,1-3H3/t12-,15-/m1/s1. The van der Waals surface area contributed by atoms with Crippen molar-refractivity contribution in [3.63, 3.8) is 0 Å². The molecule has 8 heteroatoms. The van der Waals surface area contributed by atoms with Gasteiger partial charge in [0, 0.05) is 23.9 Å². The fourth-order valence-electron chi connectivity index (χ4n) is 3.21. The van der Waals surface area contributed by atoms with Crippen molar-refractivity contribution in [1.29, 1.82) is 5.26 Å². The number of halogens is 1. The van der Waals surface area contributed by atoms with Gasteiger partial charge in [0.15, 0.2) is 0 Å². The summed E-state index contributed by atoms with van der Waals surface area (Å²) in [5, 5.41) is 9.28. The summed E-state index contributed by atoms with van der Waals surface area (Å²) in [7, 11) is 1.49. The molecule has 0 aromatic carbocycles. The van der Waals surface area contributed by atoms with Crippen LogP contribution in [0.4, 0.5) is 0 Å². The molecule has 0 saturated carbocycles. The largest absolute Gasteiger partial charge is 0.481 e. The average molecular weight is 401 g/mol. The number of hydrogen-bond acceptors (Lipinski definition) is 6. The second kappa shape index (κ2) is 8.44. The number of hydrogen-bond donors (Lipinski definition) is 0. The lowest BCUT2D eigenvalue weighted by Crippen LogP contribution is -2.49. The molecule has 3 heterocycles. The number of aromatic nitrogens is 2. The summed E-state index contributed by atoms with van der Waals surface area (Å²) < 4.78 is 11.1. The van der Waals surface area contributed by atoms with Crippen LogP contribution >= 0.6 is 11.6 Å². The van der Waals surface area contributed by atoms with Crippen molar-refractivity contribution in [3.05, 3.63) is 46.2 Å². The van der Waals surface area contributed by atoms with Gasteiger partial charge in [-0.05, 0) is 38.8 Å². The maximum absolute atomic E-state index is 13.0. The molecule has 0 N–H and O–H groups in total. The number of rotatable bonds is 4. The molecule has 0 radical (unpaired) electrons. The zero-order chi connectivity index (χ0) is 20.3. The van der Waals surface area contributed by atoms with Gasteiger partial charge in [-0.1, -0.05) is 11.6 Å². The lowest BCUT2D eigenvalue weighted by atomic mass is 10.00. The second-order valence-electron chi connectivity index (χ2n) is 6.72. The number of amides is 1.